The number of thioether (sulfide) groups is 1. The summed E-state index contributed by atoms with van der Waals surface area (Å²) in [7, 11) is 0. The van der Waals surface area contributed by atoms with Crippen molar-refractivity contribution >= 4 is 46.7 Å². The predicted octanol–water partition coefficient (Wildman–Crippen LogP) is 3.44. The number of anilines is 1. The van der Waals surface area contributed by atoms with Crippen LogP contribution in [0.2, 0.25) is 5.02 Å². The van der Waals surface area contributed by atoms with Gasteiger partial charge in [0.2, 0.25) is 5.91 Å². The van der Waals surface area contributed by atoms with Gasteiger partial charge in [-0.25, -0.2) is 4.79 Å². The fourth-order valence-electron chi connectivity index (χ4n) is 1.63. The third kappa shape index (κ3) is 8.59. The van der Waals surface area contributed by atoms with Crippen LogP contribution in [0.3, 0.4) is 0 Å². The molecule has 138 valence electrons. The SMILES string of the molecule is CC(C)(C)OC(=O)NCCSCC(=O)Nc1ccc(Cl)c([N+](=O)[O-])c1. The van der Waals surface area contributed by atoms with Gasteiger partial charge in [0.1, 0.15) is 10.6 Å². The van der Waals surface area contributed by atoms with E-state index in [2.05, 4.69) is 10.6 Å². The molecule has 0 aromatic heterocycles. The average molecular weight is 390 g/mol. The molecule has 0 spiro atoms. The molecule has 0 aliphatic carbocycles. The van der Waals surface area contributed by atoms with E-state index in [1.54, 1.807) is 20.8 Å². The van der Waals surface area contributed by atoms with E-state index in [1.165, 1.54) is 30.0 Å². The van der Waals surface area contributed by atoms with E-state index < -0.39 is 16.6 Å². The zero-order valence-electron chi connectivity index (χ0n) is 14.1. The summed E-state index contributed by atoms with van der Waals surface area (Å²) in [6, 6.07) is 4.05. The van der Waals surface area contributed by atoms with Gasteiger partial charge in [-0.2, -0.15) is 11.8 Å². The molecule has 8 nitrogen and oxygen atoms in total. The maximum atomic E-state index is 11.8. The lowest BCUT2D eigenvalue weighted by atomic mass is 10.2. The van der Waals surface area contributed by atoms with E-state index in [1.807, 2.05) is 0 Å². The summed E-state index contributed by atoms with van der Waals surface area (Å²) in [5, 5.41) is 16.0. The summed E-state index contributed by atoms with van der Waals surface area (Å²) in [6.07, 6.45) is -0.508. The number of nitro groups is 1. The Hall–Kier alpha value is -2.00. The predicted molar refractivity (Wildman–Crippen MR) is 98.3 cm³/mol. The molecule has 0 bridgehead atoms. The van der Waals surface area contributed by atoms with Crippen molar-refractivity contribution < 1.29 is 19.2 Å². The molecule has 0 unspecified atom stereocenters. The Morgan fingerprint density at radius 3 is 2.64 bits per heavy atom. The van der Waals surface area contributed by atoms with Crippen molar-refractivity contribution in [2.75, 3.05) is 23.4 Å². The second kappa shape index (κ2) is 9.47. The van der Waals surface area contributed by atoms with Gasteiger partial charge >= 0.3 is 6.09 Å². The molecule has 1 aromatic rings. The molecular formula is C15H20ClN3O5S. The van der Waals surface area contributed by atoms with Crippen molar-refractivity contribution in [3.63, 3.8) is 0 Å². The summed E-state index contributed by atoms with van der Waals surface area (Å²) in [5.41, 5.74) is -0.527. The lowest BCUT2D eigenvalue weighted by Gasteiger charge is -2.19. The molecule has 0 saturated carbocycles. The van der Waals surface area contributed by atoms with Gasteiger partial charge in [-0.05, 0) is 32.9 Å². The number of nitrogens with zero attached hydrogens (tertiary/aromatic N) is 1. The van der Waals surface area contributed by atoms with Crippen LogP contribution in [0.25, 0.3) is 0 Å². The molecule has 0 fully saturated rings. The highest BCUT2D eigenvalue weighted by Gasteiger charge is 2.16. The molecule has 2 amide bonds. The van der Waals surface area contributed by atoms with Crippen molar-refractivity contribution in [1.82, 2.24) is 5.32 Å². The second-order valence-electron chi connectivity index (χ2n) is 5.95. The highest BCUT2D eigenvalue weighted by Crippen LogP contribution is 2.27. The van der Waals surface area contributed by atoms with Crippen LogP contribution in [0.15, 0.2) is 18.2 Å². The number of amides is 2. The summed E-state index contributed by atoms with van der Waals surface area (Å²) >= 11 is 7.02. The highest BCUT2D eigenvalue weighted by atomic mass is 35.5. The van der Waals surface area contributed by atoms with Gasteiger partial charge in [-0.3, -0.25) is 14.9 Å². The van der Waals surface area contributed by atoms with Crippen LogP contribution in [0, 0.1) is 10.1 Å². The number of alkyl carbamates (subject to hydrolysis) is 1. The maximum absolute atomic E-state index is 11.8. The molecule has 1 rings (SSSR count). The number of benzene rings is 1. The van der Waals surface area contributed by atoms with Crippen LogP contribution in [0.1, 0.15) is 20.8 Å². The van der Waals surface area contributed by atoms with Gasteiger partial charge in [-0.15, -0.1) is 0 Å². The van der Waals surface area contributed by atoms with E-state index in [0.717, 1.165) is 0 Å². The fourth-order valence-corrected chi connectivity index (χ4v) is 2.47. The Kier molecular flexibility index (Phi) is 7.98. The van der Waals surface area contributed by atoms with Crippen LogP contribution < -0.4 is 10.6 Å². The van der Waals surface area contributed by atoms with Crippen molar-refractivity contribution in [3.05, 3.63) is 33.3 Å². The lowest BCUT2D eigenvalue weighted by molar-refractivity contribution is -0.384. The first-order valence-electron chi connectivity index (χ1n) is 7.37. The number of nitro benzene ring substituents is 1. The minimum absolute atomic E-state index is 0.00518. The largest absolute Gasteiger partial charge is 0.444 e. The number of nitrogens with one attached hydrogen (secondary N) is 2. The molecule has 0 aliphatic heterocycles. The zero-order valence-corrected chi connectivity index (χ0v) is 15.7. The van der Waals surface area contributed by atoms with E-state index in [4.69, 9.17) is 16.3 Å². The van der Waals surface area contributed by atoms with Crippen molar-refractivity contribution in [2.24, 2.45) is 0 Å². The molecule has 1 aromatic carbocycles. The Balaban J connectivity index is 2.31. The fraction of sp³-hybridized carbons (Fsp3) is 0.467. The number of carbonyl (C=O) groups excluding carboxylic acids is 2. The number of ether oxygens (including phenoxy) is 1. The van der Waals surface area contributed by atoms with Crippen molar-refractivity contribution in [3.8, 4) is 0 Å². The molecule has 2 N–H and O–H groups in total. The third-order valence-corrected chi connectivity index (χ3v) is 3.85. The summed E-state index contributed by atoms with van der Waals surface area (Å²) in [6.45, 7) is 5.67. The quantitative estimate of drug-likeness (QED) is 0.419. The van der Waals surface area contributed by atoms with Gasteiger partial charge in [0.25, 0.3) is 5.69 Å². The number of rotatable bonds is 7. The van der Waals surface area contributed by atoms with E-state index in [-0.39, 0.29) is 22.4 Å². The average Bonchev–Trinajstić information content (AvgIpc) is 2.46. The minimum atomic E-state index is -0.616. The van der Waals surface area contributed by atoms with E-state index in [0.29, 0.717) is 18.0 Å². The molecule has 25 heavy (non-hydrogen) atoms. The van der Waals surface area contributed by atoms with Crippen LogP contribution in [0.4, 0.5) is 16.2 Å². The number of hydrogen-bond donors (Lipinski definition) is 2. The maximum Gasteiger partial charge on any atom is 0.407 e. The summed E-state index contributed by atoms with van der Waals surface area (Å²) in [4.78, 5) is 33.4. The lowest BCUT2D eigenvalue weighted by Crippen LogP contribution is -2.33. The Morgan fingerprint density at radius 2 is 2.04 bits per heavy atom. The topological polar surface area (TPSA) is 111 Å². The summed E-state index contributed by atoms with van der Waals surface area (Å²) in [5.74, 6) is 0.360. The number of hydrogen-bond acceptors (Lipinski definition) is 6. The Labute approximate surface area is 154 Å². The molecule has 0 saturated heterocycles. The normalized spacial score (nSPS) is 10.9. The Morgan fingerprint density at radius 1 is 1.36 bits per heavy atom. The zero-order chi connectivity index (χ0) is 19.0. The molecule has 0 atom stereocenters. The van der Waals surface area contributed by atoms with Crippen LogP contribution in [-0.2, 0) is 9.53 Å². The molecule has 0 aliphatic rings. The first-order valence-corrected chi connectivity index (χ1v) is 8.90. The number of carbonyl (C=O) groups is 2. The molecule has 0 radical (unpaired) electrons. The minimum Gasteiger partial charge on any atom is -0.444 e. The van der Waals surface area contributed by atoms with Crippen molar-refractivity contribution in [2.45, 2.75) is 26.4 Å². The van der Waals surface area contributed by atoms with Crippen LogP contribution >= 0.6 is 23.4 Å². The third-order valence-electron chi connectivity index (χ3n) is 2.57. The summed E-state index contributed by atoms with van der Waals surface area (Å²) < 4.78 is 5.08. The first-order chi connectivity index (χ1) is 11.6. The van der Waals surface area contributed by atoms with E-state index >= 15 is 0 Å². The van der Waals surface area contributed by atoms with E-state index in [9.17, 15) is 19.7 Å². The van der Waals surface area contributed by atoms with Gasteiger partial charge in [0.15, 0.2) is 0 Å². The monoisotopic (exact) mass is 389 g/mol. The molecule has 10 heteroatoms. The van der Waals surface area contributed by atoms with Gasteiger partial charge < -0.3 is 15.4 Å². The van der Waals surface area contributed by atoms with Gasteiger partial charge in [0.05, 0.1) is 10.7 Å². The Bertz CT molecular complexity index is 649. The highest BCUT2D eigenvalue weighted by molar-refractivity contribution is 7.99. The molecular weight excluding hydrogens is 370 g/mol. The van der Waals surface area contributed by atoms with Crippen LogP contribution in [-0.4, -0.2) is 40.6 Å². The first kappa shape index (κ1) is 21.0. The molecule has 0 heterocycles. The van der Waals surface area contributed by atoms with Crippen molar-refractivity contribution in [1.29, 1.82) is 0 Å². The smallest absolute Gasteiger partial charge is 0.407 e. The van der Waals surface area contributed by atoms with Gasteiger partial charge in [0, 0.05) is 24.1 Å². The standard InChI is InChI=1S/C15H20ClN3O5S/c1-15(2,3)24-14(21)17-6-7-25-9-13(20)18-10-4-5-11(16)12(8-10)19(22)23/h4-5,8H,6-7,9H2,1-3H3,(H,17,21)(H,18,20). The van der Waals surface area contributed by atoms with Crippen LogP contribution in [0.5, 0.6) is 0 Å². The van der Waals surface area contributed by atoms with Gasteiger partial charge in [-0.1, -0.05) is 11.6 Å². The second-order valence-corrected chi connectivity index (χ2v) is 7.47. The number of halogens is 1.